The number of hydrogen-bond acceptors (Lipinski definition) is 6. The van der Waals surface area contributed by atoms with Crippen LogP contribution in [0.2, 0.25) is 0 Å². The van der Waals surface area contributed by atoms with E-state index in [-0.39, 0.29) is 0 Å². The van der Waals surface area contributed by atoms with Crippen molar-refractivity contribution < 1.29 is 0 Å². The highest BCUT2D eigenvalue weighted by molar-refractivity contribution is 7.19. The van der Waals surface area contributed by atoms with E-state index in [1.54, 1.807) is 11.3 Å². The van der Waals surface area contributed by atoms with Gasteiger partial charge in [-0.3, -0.25) is 5.10 Å². The molecule has 6 rings (SSSR count). The van der Waals surface area contributed by atoms with Crippen molar-refractivity contribution in [3.63, 3.8) is 0 Å². The average molecular weight is 497 g/mol. The molecule has 2 N–H and O–H groups in total. The Balaban J connectivity index is 0.000000222. The van der Waals surface area contributed by atoms with E-state index in [0.717, 1.165) is 60.2 Å². The van der Waals surface area contributed by atoms with Gasteiger partial charge in [-0.25, -0.2) is 9.97 Å². The molecule has 36 heavy (non-hydrogen) atoms. The second-order valence-electron chi connectivity index (χ2n) is 9.05. The molecule has 1 aromatic carbocycles. The van der Waals surface area contributed by atoms with Crippen molar-refractivity contribution in [3.05, 3.63) is 88.8 Å². The smallest absolute Gasteiger partial charge is 0.150 e. The van der Waals surface area contributed by atoms with Gasteiger partial charge in [-0.2, -0.15) is 5.10 Å². The van der Waals surface area contributed by atoms with Crippen molar-refractivity contribution in [1.82, 2.24) is 25.5 Å². The first-order chi connectivity index (χ1) is 17.7. The Bertz CT molecular complexity index is 1350. The second kappa shape index (κ2) is 11.4. The number of anilines is 1. The van der Waals surface area contributed by atoms with Gasteiger partial charge >= 0.3 is 0 Å². The number of nitrogens with zero attached hydrogens (tertiary/aromatic N) is 4. The molecule has 0 amide bonds. The molecular formula is C29H32N6S. The molecule has 2 aliphatic rings. The maximum absolute atomic E-state index is 4.77. The third-order valence-electron chi connectivity index (χ3n) is 6.32. The van der Waals surface area contributed by atoms with Crippen LogP contribution < -0.4 is 10.2 Å². The summed E-state index contributed by atoms with van der Waals surface area (Å²) in [6.45, 7) is 9.10. The zero-order chi connectivity index (χ0) is 24.7. The fourth-order valence-electron chi connectivity index (χ4n) is 4.45. The molecule has 1 aliphatic heterocycles. The average Bonchev–Trinajstić information content (AvgIpc) is 3.48. The lowest BCUT2D eigenvalue weighted by atomic mass is 10.1. The van der Waals surface area contributed by atoms with Gasteiger partial charge in [0.25, 0.3) is 0 Å². The molecule has 0 radical (unpaired) electrons. The van der Waals surface area contributed by atoms with Crippen LogP contribution >= 0.6 is 11.3 Å². The van der Waals surface area contributed by atoms with Gasteiger partial charge in [0.2, 0.25) is 0 Å². The number of aromatic nitrogens is 4. The van der Waals surface area contributed by atoms with Gasteiger partial charge in [0.1, 0.15) is 11.6 Å². The van der Waals surface area contributed by atoms with Crippen molar-refractivity contribution in [3.8, 4) is 0 Å². The van der Waals surface area contributed by atoms with E-state index in [9.17, 15) is 0 Å². The Hall–Kier alpha value is -3.71. The number of benzene rings is 1. The predicted molar refractivity (Wildman–Crippen MR) is 152 cm³/mol. The number of aryl methyl sites for hydroxylation is 1. The van der Waals surface area contributed by atoms with Crippen LogP contribution in [0.3, 0.4) is 0 Å². The Morgan fingerprint density at radius 1 is 1.08 bits per heavy atom. The number of fused-ring (bicyclic) bond motifs is 2. The highest BCUT2D eigenvalue weighted by atomic mass is 32.1. The molecule has 6 nitrogen and oxygen atoms in total. The first kappa shape index (κ1) is 24.0. The minimum absolute atomic E-state index is 0.757. The molecule has 4 aromatic rings. The third-order valence-corrected chi connectivity index (χ3v) is 7.44. The Labute approximate surface area is 216 Å². The maximum Gasteiger partial charge on any atom is 0.150 e. The standard InChI is InChI=1S/C21H24N4S.C8H8N2/c1-15(17-9-5-3-6-10-17)22-14-18-13-19-20(26-18)21(24-16(2)23-19)25-11-7-4-8-12-25;1-2-4-7-6-9-10-8(7)5-3-1/h3,5-6,9-10,13,22H,1,4,7-8,11-12,14H2,2H3;2-6H,1H2,(H,9,10). The van der Waals surface area contributed by atoms with E-state index >= 15 is 0 Å². The summed E-state index contributed by atoms with van der Waals surface area (Å²) in [6, 6.07) is 12.4. The molecule has 0 atom stereocenters. The molecule has 0 unspecified atom stereocenters. The maximum atomic E-state index is 4.77. The van der Waals surface area contributed by atoms with Gasteiger partial charge in [-0.15, -0.1) is 11.3 Å². The molecular weight excluding hydrogens is 464 g/mol. The zero-order valence-corrected chi connectivity index (χ0v) is 21.5. The molecule has 1 aliphatic carbocycles. The number of rotatable bonds is 5. The third kappa shape index (κ3) is 5.74. The van der Waals surface area contributed by atoms with Crippen LogP contribution in [0, 0.1) is 6.92 Å². The quantitative estimate of drug-likeness (QED) is 0.326. The molecule has 1 saturated heterocycles. The number of aromatic amines is 1. The van der Waals surface area contributed by atoms with Crippen LogP contribution in [0.1, 0.15) is 53.2 Å². The van der Waals surface area contributed by atoms with E-state index in [1.807, 2.05) is 31.3 Å². The van der Waals surface area contributed by atoms with Gasteiger partial charge in [-0.05, 0) is 50.3 Å². The fraction of sp³-hybridized carbons (Fsp3) is 0.276. The summed E-state index contributed by atoms with van der Waals surface area (Å²) in [6.07, 6.45) is 15.1. The molecule has 3 aromatic heterocycles. The number of hydrogen-bond donors (Lipinski definition) is 2. The topological polar surface area (TPSA) is 69.7 Å². The number of H-pyrrole nitrogens is 1. The summed E-state index contributed by atoms with van der Waals surface area (Å²) < 4.78 is 1.21. The Morgan fingerprint density at radius 3 is 2.72 bits per heavy atom. The van der Waals surface area contributed by atoms with E-state index in [2.05, 4.69) is 74.5 Å². The molecule has 4 heterocycles. The number of nitrogens with one attached hydrogen (secondary N) is 2. The van der Waals surface area contributed by atoms with Crippen LogP contribution in [0.15, 0.2) is 61.3 Å². The minimum atomic E-state index is 0.757. The van der Waals surface area contributed by atoms with Gasteiger partial charge in [-0.1, -0.05) is 55.1 Å². The van der Waals surface area contributed by atoms with Gasteiger partial charge in [0, 0.05) is 35.8 Å². The van der Waals surface area contributed by atoms with Crippen LogP contribution in [-0.4, -0.2) is 33.3 Å². The minimum Gasteiger partial charge on any atom is -0.380 e. The van der Waals surface area contributed by atoms with Crippen molar-refractivity contribution in [2.45, 2.75) is 39.2 Å². The molecule has 184 valence electrons. The molecule has 7 heteroatoms. The van der Waals surface area contributed by atoms with Crippen LogP contribution in [0.4, 0.5) is 5.82 Å². The Morgan fingerprint density at radius 2 is 1.89 bits per heavy atom. The zero-order valence-electron chi connectivity index (χ0n) is 20.7. The summed E-state index contributed by atoms with van der Waals surface area (Å²) in [4.78, 5) is 13.1. The van der Waals surface area contributed by atoms with Crippen LogP contribution in [-0.2, 0) is 6.54 Å². The Kier molecular flexibility index (Phi) is 7.57. The lowest BCUT2D eigenvalue weighted by Gasteiger charge is -2.28. The number of allylic oxidation sites excluding steroid dienone is 2. The fourth-order valence-corrected chi connectivity index (χ4v) is 5.50. The monoisotopic (exact) mass is 496 g/mol. The predicted octanol–water partition coefficient (Wildman–Crippen LogP) is 6.59. The summed E-state index contributed by atoms with van der Waals surface area (Å²) in [5.41, 5.74) is 5.41. The van der Waals surface area contributed by atoms with E-state index in [1.165, 1.54) is 34.4 Å². The summed E-state index contributed by atoms with van der Waals surface area (Å²) in [5, 5.41) is 10.3. The SMILES string of the molecule is C1=Cc2cn[nH]c2C=CC1.C=C(NCc1cc2nc(C)nc(N3CCCCC3)c2s1)c1ccccc1. The normalized spacial score (nSPS) is 14.6. The summed E-state index contributed by atoms with van der Waals surface area (Å²) >= 11 is 1.79. The highest BCUT2D eigenvalue weighted by Crippen LogP contribution is 2.33. The first-order valence-electron chi connectivity index (χ1n) is 12.5. The van der Waals surface area contributed by atoms with Crippen LogP contribution in [0.25, 0.3) is 28.1 Å². The van der Waals surface area contributed by atoms with Crippen molar-refractivity contribution in [2.75, 3.05) is 18.0 Å². The molecule has 0 spiro atoms. The number of thiophene rings is 1. The lowest BCUT2D eigenvalue weighted by Crippen LogP contribution is -2.30. The summed E-state index contributed by atoms with van der Waals surface area (Å²) in [7, 11) is 0. The van der Waals surface area contributed by atoms with Gasteiger partial charge in [0.05, 0.1) is 22.1 Å². The van der Waals surface area contributed by atoms with Crippen LogP contribution in [0.5, 0.6) is 0 Å². The lowest BCUT2D eigenvalue weighted by molar-refractivity contribution is 0.574. The van der Waals surface area contributed by atoms with Crippen molar-refractivity contribution in [1.29, 1.82) is 0 Å². The first-order valence-corrected chi connectivity index (χ1v) is 13.4. The summed E-state index contributed by atoms with van der Waals surface area (Å²) in [5.74, 6) is 1.97. The van der Waals surface area contributed by atoms with Crippen molar-refractivity contribution in [2.24, 2.45) is 0 Å². The van der Waals surface area contributed by atoms with Gasteiger partial charge in [0.15, 0.2) is 0 Å². The number of piperidine rings is 1. The van der Waals surface area contributed by atoms with E-state index in [0.29, 0.717) is 0 Å². The molecule has 1 fully saturated rings. The van der Waals surface area contributed by atoms with E-state index < -0.39 is 0 Å². The van der Waals surface area contributed by atoms with Crippen molar-refractivity contribution >= 4 is 45.2 Å². The highest BCUT2D eigenvalue weighted by Gasteiger charge is 2.18. The molecule has 0 bridgehead atoms. The molecule has 0 saturated carbocycles. The van der Waals surface area contributed by atoms with E-state index in [4.69, 9.17) is 4.98 Å². The second-order valence-corrected chi connectivity index (χ2v) is 10.2. The largest absolute Gasteiger partial charge is 0.380 e. The van der Waals surface area contributed by atoms with Gasteiger partial charge < -0.3 is 10.2 Å².